The van der Waals surface area contributed by atoms with Crippen LogP contribution in [0.15, 0.2) is 18.2 Å². The largest absolute Gasteiger partial charge is 0.345 e. The zero-order chi connectivity index (χ0) is 13.8. The van der Waals surface area contributed by atoms with E-state index < -0.39 is 0 Å². The van der Waals surface area contributed by atoms with Gasteiger partial charge < -0.3 is 10.6 Å². The highest BCUT2D eigenvalue weighted by molar-refractivity contribution is 5.76. The lowest BCUT2D eigenvalue weighted by atomic mass is 10.0. The minimum absolute atomic E-state index is 0.0602. The first kappa shape index (κ1) is 14.1. The first-order valence-corrected chi connectivity index (χ1v) is 7.16. The van der Waals surface area contributed by atoms with E-state index in [0.29, 0.717) is 6.42 Å². The number of nitrogens with two attached hydrogens (primary N) is 1. The van der Waals surface area contributed by atoms with Gasteiger partial charge in [-0.2, -0.15) is 0 Å². The zero-order valence-electron chi connectivity index (χ0n) is 12.0. The molecule has 1 aromatic carbocycles. The zero-order valence-corrected chi connectivity index (χ0v) is 12.0. The number of fused-ring (bicyclic) bond motifs is 1. The molecule has 0 fully saturated rings. The summed E-state index contributed by atoms with van der Waals surface area (Å²) < 4.78 is 0. The molecule has 1 unspecified atom stereocenters. The first-order valence-electron chi connectivity index (χ1n) is 7.16. The van der Waals surface area contributed by atoms with Gasteiger partial charge in [-0.3, -0.25) is 4.79 Å². The summed E-state index contributed by atoms with van der Waals surface area (Å²) in [5, 5.41) is 0. The number of rotatable bonds is 5. The molecule has 1 aliphatic rings. The Morgan fingerprint density at radius 3 is 2.84 bits per heavy atom. The highest BCUT2D eigenvalue weighted by Crippen LogP contribution is 2.23. The summed E-state index contributed by atoms with van der Waals surface area (Å²) >= 11 is 0. The second-order valence-electron chi connectivity index (χ2n) is 5.70. The molecule has 1 aromatic rings. The molecule has 2 rings (SSSR count). The van der Waals surface area contributed by atoms with Gasteiger partial charge in [0.25, 0.3) is 0 Å². The van der Waals surface area contributed by atoms with Crippen LogP contribution in [0.25, 0.3) is 0 Å². The Morgan fingerprint density at radius 1 is 1.37 bits per heavy atom. The van der Waals surface area contributed by atoms with Gasteiger partial charge in [0.05, 0.1) is 0 Å². The maximum atomic E-state index is 11.8. The summed E-state index contributed by atoms with van der Waals surface area (Å²) in [5.41, 5.74) is 9.99. The molecule has 0 spiro atoms. The van der Waals surface area contributed by atoms with Crippen LogP contribution in [0.4, 0.5) is 0 Å². The Labute approximate surface area is 115 Å². The van der Waals surface area contributed by atoms with Crippen molar-refractivity contribution in [2.75, 3.05) is 13.6 Å². The fraction of sp³-hybridized carbons (Fsp3) is 0.562. The number of benzene rings is 1. The lowest BCUT2D eigenvalue weighted by Crippen LogP contribution is -2.33. The molecule has 104 valence electrons. The van der Waals surface area contributed by atoms with Crippen molar-refractivity contribution >= 4 is 5.91 Å². The molecule has 19 heavy (non-hydrogen) atoms. The smallest absolute Gasteiger partial charge is 0.223 e. The molecular weight excluding hydrogens is 236 g/mol. The third kappa shape index (κ3) is 3.80. The fourth-order valence-electron chi connectivity index (χ4n) is 2.63. The molecule has 1 amide bonds. The number of nitrogens with zero attached hydrogens (tertiary/aromatic N) is 1. The van der Waals surface area contributed by atoms with E-state index in [1.807, 2.05) is 14.0 Å². The van der Waals surface area contributed by atoms with Gasteiger partial charge in [-0.15, -0.1) is 0 Å². The Morgan fingerprint density at radius 2 is 2.11 bits per heavy atom. The fourth-order valence-corrected chi connectivity index (χ4v) is 2.63. The number of aryl methyl sites for hydroxylation is 2. The molecule has 0 aliphatic heterocycles. The van der Waals surface area contributed by atoms with Crippen molar-refractivity contribution in [3.8, 4) is 0 Å². The van der Waals surface area contributed by atoms with E-state index in [2.05, 4.69) is 18.2 Å². The third-order valence-corrected chi connectivity index (χ3v) is 3.82. The number of amides is 1. The molecular formula is C16H24N2O. The topological polar surface area (TPSA) is 46.3 Å². The molecule has 3 heteroatoms. The van der Waals surface area contributed by atoms with Crippen molar-refractivity contribution in [2.45, 2.75) is 45.1 Å². The van der Waals surface area contributed by atoms with Crippen LogP contribution in [0.3, 0.4) is 0 Å². The minimum Gasteiger partial charge on any atom is -0.345 e. The average Bonchev–Trinajstić information content (AvgIpc) is 2.82. The Balaban J connectivity index is 1.86. The van der Waals surface area contributed by atoms with Crippen LogP contribution in [0.1, 0.15) is 36.5 Å². The lowest BCUT2D eigenvalue weighted by Gasteiger charge is -2.18. The normalized spacial score (nSPS) is 15.1. The standard InChI is InChI=1S/C16H24N2O/c1-12(17)10-16(19)18(2)9-8-13-6-7-14-4-3-5-15(14)11-13/h6-7,11-12H,3-5,8-10,17H2,1-2H3. The van der Waals surface area contributed by atoms with E-state index in [4.69, 9.17) is 5.73 Å². The number of likely N-dealkylation sites (N-methyl/N-ethyl adjacent to an activating group) is 1. The van der Waals surface area contributed by atoms with Crippen LogP contribution in [0.2, 0.25) is 0 Å². The average molecular weight is 260 g/mol. The Hall–Kier alpha value is -1.35. The predicted octanol–water partition coefficient (Wildman–Crippen LogP) is 1.91. The Kier molecular flexibility index (Phi) is 4.59. The van der Waals surface area contributed by atoms with Crippen molar-refractivity contribution < 1.29 is 4.79 Å². The van der Waals surface area contributed by atoms with Gasteiger partial charge in [0.15, 0.2) is 0 Å². The van der Waals surface area contributed by atoms with Crippen molar-refractivity contribution in [2.24, 2.45) is 5.73 Å². The molecule has 0 aromatic heterocycles. The van der Waals surface area contributed by atoms with E-state index in [1.165, 1.54) is 36.0 Å². The number of carbonyl (C=O) groups is 1. The Bertz CT molecular complexity index is 454. The maximum Gasteiger partial charge on any atom is 0.223 e. The number of carbonyl (C=O) groups excluding carboxylic acids is 1. The van der Waals surface area contributed by atoms with E-state index in [1.54, 1.807) is 4.90 Å². The van der Waals surface area contributed by atoms with Crippen molar-refractivity contribution in [1.29, 1.82) is 0 Å². The van der Waals surface area contributed by atoms with Gasteiger partial charge in [-0.25, -0.2) is 0 Å². The monoisotopic (exact) mass is 260 g/mol. The minimum atomic E-state index is -0.0602. The lowest BCUT2D eigenvalue weighted by molar-refractivity contribution is -0.130. The summed E-state index contributed by atoms with van der Waals surface area (Å²) in [4.78, 5) is 13.6. The number of hydrogen-bond acceptors (Lipinski definition) is 2. The summed E-state index contributed by atoms with van der Waals surface area (Å²) in [6.45, 7) is 2.64. The van der Waals surface area contributed by atoms with Gasteiger partial charge in [0.2, 0.25) is 5.91 Å². The third-order valence-electron chi connectivity index (χ3n) is 3.82. The molecule has 0 heterocycles. The van der Waals surface area contributed by atoms with Crippen LogP contribution in [0, 0.1) is 0 Å². The molecule has 0 saturated heterocycles. The van der Waals surface area contributed by atoms with E-state index in [9.17, 15) is 4.79 Å². The molecule has 3 nitrogen and oxygen atoms in total. The van der Waals surface area contributed by atoms with Gasteiger partial charge in [0, 0.05) is 26.1 Å². The van der Waals surface area contributed by atoms with Crippen molar-refractivity contribution in [3.05, 3.63) is 34.9 Å². The summed E-state index contributed by atoms with van der Waals surface area (Å²) in [5.74, 6) is 0.135. The maximum absolute atomic E-state index is 11.8. The van der Waals surface area contributed by atoms with Crippen molar-refractivity contribution in [3.63, 3.8) is 0 Å². The SMILES string of the molecule is CC(N)CC(=O)N(C)CCc1ccc2c(c1)CCC2. The quantitative estimate of drug-likeness (QED) is 0.879. The van der Waals surface area contributed by atoms with Gasteiger partial charge in [-0.1, -0.05) is 18.2 Å². The van der Waals surface area contributed by atoms with Crippen molar-refractivity contribution in [1.82, 2.24) is 4.90 Å². The summed E-state index contributed by atoms with van der Waals surface area (Å²) in [7, 11) is 1.86. The summed E-state index contributed by atoms with van der Waals surface area (Å²) in [6.07, 6.45) is 5.08. The highest BCUT2D eigenvalue weighted by Gasteiger charge is 2.13. The number of hydrogen-bond donors (Lipinski definition) is 1. The molecule has 1 aliphatic carbocycles. The van der Waals surface area contributed by atoms with E-state index in [-0.39, 0.29) is 11.9 Å². The van der Waals surface area contributed by atoms with Crippen LogP contribution in [0.5, 0.6) is 0 Å². The second-order valence-corrected chi connectivity index (χ2v) is 5.70. The van der Waals surface area contributed by atoms with Crippen LogP contribution in [-0.4, -0.2) is 30.4 Å². The second kappa shape index (κ2) is 6.20. The van der Waals surface area contributed by atoms with Gasteiger partial charge in [-0.05, 0) is 49.3 Å². The van der Waals surface area contributed by atoms with Crippen LogP contribution in [-0.2, 0) is 24.1 Å². The first-order chi connectivity index (χ1) is 9.06. The molecule has 1 atom stereocenters. The van der Waals surface area contributed by atoms with E-state index in [0.717, 1.165) is 13.0 Å². The van der Waals surface area contributed by atoms with Crippen LogP contribution >= 0.6 is 0 Å². The van der Waals surface area contributed by atoms with E-state index >= 15 is 0 Å². The van der Waals surface area contributed by atoms with Crippen LogP contribution < -0.4 is 5.73 Å². The predicted molar refractivity (Wildman–Crippen MR) is 78.1 cm³/mol. The molecule has 0 bridgehead atoms. The molecule has 2 N–H and O–H groups in total. The van der Waals surface area contributed by atoms with Gasteiger partial charge >= 0.3 is 0 Å². The van der Waals surface area contributed by atoms with Gasteiger partial charge in [0.1, 0.15) is 0 Å². The highest BCUT2D eigenvalue weighted by atomic mass is 16.2. The molecule has 0 radical (unpaired) electrons. The summed E-state index contributed by atoms with van der Waals surface area (Å²) in [6, 6.07) is 6.71. The molecule has 0 saturated carbocycles.